The number of nitrogens with zero attached hydrogens (tertiary/aromatic N) is 2. The second kappa shape index (κ2) is 5.80. The van der Waals surface area contributed by atoms with Crippen molar-refractivity contribution in [2.75, 3.05) is 27.7 Å². The predicted octanol–water partition coefficient (Wildman–Crippen LogP) is 1.50. The van der Waals surface area contributed by atoms with Crippen molar-refractivity contribution in [2.45, 2.75) is 0 Å². The Morgan fingerprint density at radius 1 is 1.41 bits per heavy atom. The zero-order valence-electron chi connectivity index (χ0n) is 10.3. The fraction of sp³-hybridized carbons (Fsp3) is 0.333. The molecule has 4 nitrogen and oxygen atoms in total. The van der Waals surface area contributed by atoms with E-state index in [1.807, 2.05) is 39.3 Å². The standard InChI is InChI=1S/C12H16ClN3O/c1-16(2,3)9-12(17)15-14-8-10-6-4-5-7-11(10)13/h4-8H,9H2,1-3H3/p+1. The van der Waals surface area contributed by atoms with Crippen LogP contribution in [0.25, 0.3) is 0 Å². The third kappa shape index (κ3) is 5.47. The zero-order chi connectivity index (χ0) is 12.9. The minimum absolute atomic E-state index is 0.124. The number of quaternary nitrogens is 1. The minimum atomic E-state index is -0.124. The molecule has 0 radical (unpaired) electrons. The van der Waals surface area contributed by atoms with Crippen LogP contribution in [0.4, 0.5) is 0 Å². The van der Waals surface area contributed by atoms with Crippen molar-refractivity contribution in [1.82, 2.24) is 5.43 Å². The number of hydrogen-bond donors (Lipinski definition) is 1. The summed E-state index contributed by atoms with van der Waals surface area (Å²) in [6.07, 6.45) is 1.54. The van der Waals surface area contributed by atoms with E-state index < -0.39 is 0 Å². The van der Waals surface area contributed by atoms with Gasteiger partial charge in [-0.25, -0.2) is 5.43 Å². The molecular formula is C12H17ClN3O+. The highest BCUT2D eigenvalue weighted by Gasteiger charge is 2.12. The van der Waals surface area contributed by atoms with E-state index in [9.17, 15) is 4.79 Å². The molecule has 0 heterocycles. The Labute approximate surface area is 106 Å². The van der Waals surface area contributed by atoms with Crippen molar-refractivity contribution in [3.63, 3.8) is 0 Å². The summed E-state index contributed by atoms with van der Waals surface area (Å²) in [5.74, 6) is -0.124. The second-order valence-electron chi connectivity index (χ2n) is 4.76. The van der Waals surface area contributed by atoms with Gasteiger partial charge in [0.25, 0.3) is 5.91 Å². The number of benzene rings is 1. The van der Waals surface area contributed by atoms with Gasteiger partial charge >= 0.3 is 0 Å². The molecule has 0 aromatic heterocycles. The summed E-state index contributed by atoms with van der Waals surface area (Å²) in [5, 5.41) is 4.48. The molecule has 1 aromatic rings. The number of carbonyl (C=O) groups is 1. The van der Waals surface area contributed by atoms with Gasteiger partial charge in [0, 0.05) is 10.6 Å². The first-order valence-electron chi connectivity index (χ1n) is 5.25. The molecular weight excluding hydrogens is 238 g/mol. The summed E-state index contributed by atoms with van der Waals surface area (Å²) in [4.78, 5) is 11.5. The van der Waals surface area contributed by atoms with E-state index in [2.05, 4.69) is 10.5 Å². The molecule has 5 heteroatoms. The van der Waals surface area contributed by atoms with Crippen LogP contribution in [0.3, 0.4) is 0 Å². The van der Waals surface area contributed by atoms with Crippen LogP contribution in [0, 0.1) is 0 Å². The van der Waals surface area contributed by atoms with Gasteiger partial charge in [-0.15, -0.1) is 0 Å². The molecule has 0 atom stereocenters. The van der Waals surface area contributed by atoms with Gasteiger partial charge in [-0.05, 0) is 6.07 Å². The minimum Gasteiger partial charge on any atom is -0.323 e. The quantitative estimate of drug-likeness (QED) is 0.494. The fourth-order valence-electron chi connectivity index (χ4n) is 1.22. The second-order valence-corrected chi connectivity index (χ2v) is 5.17. The van der Waals surface area contributed by atoms with E-state index in [0.717, 1.165) is 5.56 Å². The summed E-state index contributed by atoms with van der Waals surface area (Å²) in [6, 6.07) is 7.31. The highest BCUT2D eigenvalue weighted by Crippen LogP contribution is 2.11. The van der Waals surface area contributed by atoms with Crippen molar-refractivity contribution in [3.8, 4) is 0 Å². The lowest BCUT2D eigenvalue weighted by Gasteiger charge is -2.21. The molecule has 1 rings (SSSR count). The average Bonchev–Trinajstić information content (AvgIpc) is 2.18. The lowest BCUT2D eigenvalue weighted by atomic mass is 10.2. The Morgan fingerprint density at radius 2 is 2.06 bits per heavy atom. The van der Waals surface area contributed by atoms with Crippen molar-refractivity contribution in [3.05, 3.63) is 34.9 Å². The monoisotopic (exact) mass is 254 g/mol. The molecule has 0 bridgehead atoms. The fourth-order valence-corrected chi connectivity index (χ4v) is 1.40. The van der Waals surface area contributed by atoms with Crippen LogP contribution in [-0.2, 0) is 4.79 Å². The van der Waals surface area contributed by atoms with Gasteiger partial charge < -0.3 is 4.48 Å². The molecule has 1 amide bonds. The first-order chi connectivity index (χ1) is 7.88. The predicted molar refractivity (Wildman–Crippen MR) is 70.1 cm³/mol. The molecule has 0 unspecified atom stereocenters. The molecule has 0 aliphatic rings. The maximum Gasteiger partial charge on any atom is 0.295 e. The van der Waals surface area contributed by atoms with Crippen LogP contribution in [0.15, 0.2) is 29.4 Å². The molecule has 0 fully saturated rings. The Balaban J connectivity index is 2.51. The van der Waals surface area contributed by atoms with Crippen molar-refractivity contribution in [1.29, 1.82) is 0 Å². The summed E-state index contributed by atoms with van der Waals surface area (Å²) in [6.45, 7) is 0.375. The number of rotatable bonds is 4. The van der Waals surface area contributed by atoms with Crippen LogP contribution in [-0.4, -0.2) is 44.3 Å². The molecule has 1 N–H and O–H groups in total. The summed E-state index contributed by atoms with van der Waals surface area (Å²) < 4.78 is 0.563. The molecule has 1 aromatic carbocycles. The summed E-state index contributed by atoms with van der Waals surface area (Å²) >= 11 is 5.94. The number of carbonyl (C=O) groups excluding carboxylic acids is 1. The average molecular weight is 255 g/mol. The van der Waals surface area contributed by atoms with Gasteiger partial charge in [-0.2, -0.15) is 5.10 Å². The highest BCUT2D eigenvalue weighted by atomic mass is 35.5. The number of hydrazone groups is 1. The van der Waals surface area contributed by atoms with E-state index in [1.165, 1.54) is 6.21 Å². The van der Waals surface area contributed by atoms with Gasteiger partial charge in [0.1, 0.15) is 0 Å². The largest absolute Gasteiger partial charge is 0.323 e. The molecule has 0 saturated carbocycles. The molecule has 0 saturated heterocycles. The zero-order valence-corrected chi connectivity index (χ0v) is 11.0. The lowest BCUT2D eigenvalue weighted by molar-refractivity contribution is -0.862. The summed E-state index contributed by atoms with van der Waals surface area (Å²) in [7, 11) is 5.83. The highest BCUT2D eigenvalue weighted by molar-refractivity contribution is 6.33. The molecule has 0 aliphatic heterocycles. The van der Waals surface area contributed by atoms with Crippen LogP contribution >= 0.6 is 11.6 Å². The van der Waals surface area contributed by atoms with Gasteiger partial charge in [0.15, 0.2) is 6.54 Å². The molecule has 0 spiro atoms. The first-order valence-corrected chi connectivity index (χ1v) is 5.63. The van der Waals surface area contributed by atoms with Gasteiger partial charge in [-0.1, -0.05) is 29.8 Å². The van der Waals surface area contributed by atoms with Crippen molar-refractivity contribution in [2.24, 2.45) is 5.10 Å². The van der Waals surface area contributed by atoms with Gasteiger partial charge in [0.2, 0.25) is 0 Å². The van der Waals surface area contributed by atoms with E-state index >= 15 is 0 Å². The maximum absolute atomic E-state index is 11.5. The third-order valence-corrected chi connectivity index (χ3v) is 2.26. The van der Waals surface area contributed by atoms with Crippen LogP contribution in [0.2, 0.25) is 5.02 Å². The molecule has 0 aliphatic carbocycles. The lowest BCUT2D eigenvalue weighted by Crippen LogP contribution is -2.43. The number of hydrogen-bond acceptors (Lipinski definition) is 2. The van der Waals surface area contributed by atoms with Crippen molar-refractivity contribution >= 4 is 23.7 Å². The van der Waals surface area contributed by atoms with E-state index in [4.69, 9.17) is 11.6 Å². The van der Waals surface area contributed by atoms with Crippen LogP contribution in [0.5, 0.6) is 0 Å². The number of halogens is 1. The topological polar surface area (TPSA) is 41.5 Å². The van der Waals surface area contributed by atoms with Crippen LogP contribution < -0.4 is 5.43 Å². The number of amides is 1. The van der Waals surface area contributed by atoms with Crippen LogP contribution in [0.1, 0.15) is 5.56 Å². The molecule has 92 valence electrons. The Hall–Kier alpha value is -1.39. The SMILES string of the molecule is C[N+](C)(C)CC(=O)NN=Cc1ccccc1Cl. The Kier molecular flexibility index (Phi) is 4.66. The Bertz CT molecular complexity index is 424. The van der Waals surface area contributed by atoms with E-state index in [0.29, 0.717) is 16.1 Å². The smallest absolute Gasteiger partial charge is 0.295 e. The normalized spacial score (nSPS) is 11.8. The third-order valence-electron chi connectivity index (χ3n) is 1.92. The van der Waals surface area contributed by atoms with E-state index in [1.54, 1.807) is 6.07 Å². The summed E-state index contributed by atoms with van der Waals surface area (Å²) in [5.41, 5.74) is 3.25. The number of likely N-dealkylation sites (N-methyl/N-ethyl adjacent to an activating group) is 1. The number of nitrogens with one attached hydrogen (secondary N) is 1. The Morgan fingerprint density at radius 3 is 2.65 bits per heavy atom. The van der Waals surface area contributed by atoms with E-state index in [-0.39, 0.29) is 5.91 Å². The first kappa shape index (κ1) is 13.7. The molecule has 17 heavy (non-hydrogen) atoms. The van der Waals surface area contributed by atoms with Gasteiger partial charge in [0.05, 0.1) is 27.4 Å². The van der Waals surface area contributed by atoms with Crippen molar-refractivity contribution < 1.29 is 9.28 Å². The maximum atomic E-state index is 11.5. The van der Waals surface area contributed by atoms with Gasteiger partial charge in [-0.3, -0.25) is 4.79 Å².